The maximum absolute atomic E-state index is 12.1. The Labute approximate surface area is 147 Å². The summed E-state index contributed by atoms with van der Waals surface area (Å²) in [6, 6.07) is 11.0. The molecule has 0 bridgehead atoms. The fourth-order valence-electron chi connectivity index (χ4n) is 2.60. The van der Waals surface area contributed by atoms with Crippen LogP contribution in [0.1, 0.15) is 23.4 Å². The zero-order valence-corrected chi connectivity index (χ0v) is 14.0. The van der Waals surface area contributed by atoms with Gasteiger partial charge in [-0.25, -0.2) is 4.98 Å². The lowest BCUT2D eigenvalue weighted by Crippen LogP contribution is -2.46. The number of amides is 2. The van der Waals surface area contributed by atoms with E-state index in [1.165, 1.54) is 11.3 Å². The monoisotopic (exact) mass is 357 g/mol. The molecule has 1 aromatic carbocycles. The van der Waals surface area contributed by atoms with Crippen LogP contribution in [0, 0.1) is 0 Å². The molecule has 1 atom stereocenters. The van der Waals surface area contributed by atoms with Crippen LogP contribution in [0.15, 0.2) is 40.8 Å². The Kier molecular flexibility index (Phi) is 4.21. The molecule has 0 radical (unpaired) electrons. The Morgan fingerprint density at radius 1 is 1.16 bits per heavy atom. The fourth-order valence-corrected chi connectivity index (χ4v) is 3.52. The van der Waals surface area contributed by atoms with Gasteiger partial charge in [-0.05, 0) is 37.1 Å². The number of fused-ring (bicyclic) bond motifs is 1. The van der Waals surface area contributed by atoms with Crippen molar-refractivity contribution in [1.82, 2.24) is 15.8 Å². The van der Waals surface area contributed by atoms with Crippen LogP contribution in [0.2, 0.25) is 0 Å². The summed E-state index contributed by atoms with van der Waals surface area (Å²) in [5.41, 5.74) is 5.58. The molecule has 0 aliphatic carbocycles. The van der Waals surface area contributed by atoms with Gasteiger partial charge < -0.3 is 9.15 Å². The van der Waals surface area contributed by atoms with Crippen LogP contribution in [0.25, 0.3) is 21.0 Å². The number of benzene rings is 1. The van der Waals surface area contributed by atoms with E-state index in [1.807, 2.05) is 24.3 Å². The van der Waals surface area contributed by atoms with E-state index >= 15 is 0 Å². The van der Waals surface area contributed by atoms with Crippen molar-refractivity contribution in [3.8, 4) is 10.8 Å². The van der Waals surface area contributed by atoms with Crippen LogP contribution in [-0.4, -0.2) is 29.5 Å². The number of nitrogens with one attached hydrogen (secondary N) is 2. The summed E-state index contributed by atoms with van der Waals surface area (Å²) in [5, 5.41) is 0.698. The van der Waals surface area contributed by atoms with Crippen LogP contribution >= 0.6 is 11.3 Å². The highest BCUT2D eigenvalue weighted by molar-refractivity contribution is 7.21. The lowest BCUT2D eigenvalue weighted by atomic mass is 10.2. The third-order valence-electron chi connectivity index (χ3n) is 3.86. The minimum Gasteiger partial charge on any atom is -0.448 e. The molecule has 1 fully saturated rings. The Hall–Kier alpha value is -2.71. The first-order valence-electron chi connectivity index (χ1n) is 7.88. The van der Waals surface area contributed by atoms with Gasteiger partial charge in [0.05, 0.1) is 10.2 Å². The summed E-state index contributed by atoms with van der Waals surface area (Å²) in [5.74, 6) is -0.277. The highest BCUT2D eigenvalue weighted by Gasteiger charge is 2.24. The van der Waals surface area contributed by atoms with Gasteiger partial charge in [0.15, 0.2) is 16.5 Å². The molecule has 3 heterocycles. The zero-order valence-electron chi connectivity index (χ0n) is 13.2. The van der Waals surface area contributed by atoms with E-state index in [0.717, 1.165) is 16.6 Å². The van der Waals surface area contributed by atoms with Crippen LogP contribution in [0.3, 0.4) is 0 Å². The predicted molar refractivity (Wildman–Crippen MR) is 91.9 cm³/mol. The Morgan fingerprint density at radius 3 is 2.84 bits per heavy atom. The number of nitrogens with zero attached hydrogens (tertiary/aromatic N) is 1. The highest BCUT2D eigenvalue weighted by atomic mass is 32.1. The lowest BCUT2D eigenvalue weighted by Gasteiger charge is -2.10. The minimum absolute atomic E-state index is 0.0990. The van der Waals surface area contributed by atoms with E-state index in [4.69, 9.17) is 9.15 Å². The second-order valence-electron chi connectivity index (χ2n) is 5.60. The number of rotatable bonds is 3. The molecule has 1 aliphatic heterocycles. The Morgan fingerprint density at radius 2 is 2.04 bits per heavy atom. The van der Waals surface area contributed by atoms with E-state index in [1.54, 1.807) is 12.1 Å². The summed E-state index contributed by atoms with van der Waals surface area (Å²) in [6.07, 6.45) is 0.996. The number of hydrazine groups is 1. The number of para-hydroxylation sites is 1. The van der Waals surface area contributed by atoms with Crippen molar-refractivity contribution in [2.24, 2.45) is 0 Å². The highest BCUT2D eigenvalue weighted by Crippen LogP contribution is 2.31. The molecule has 25 heavy (non-hydrogen) atoms. The molecule has 128 valence electrons. The molecule has 0 unspecified atom stereocenters. The molecule has 3 aromatic rings. The van der Waals surface area contributed by atoms with Crippen molar-refractivity contribution in [3.05, 3.63) is 42.2 Å². The standard InChI is InChI=1S/C17H15N3O4S/c21-15(11-5-3-9-23-11)19-20-16(22)12-7-8-13(24-12)17-18-10-4-1-2-6-14(10)25-17/h1-2,4,6-8,11H,3,5,9H2,(H,19,21)(H,20,22)/t11-/m1/s1. The molecule has 2 amide bonds. The molecule has 1 aliphatic rings. The number of aromatic nitrogens is 1. The molecule has 0 spiro atoms. The number of furan rings is 1. The maximum Gasteiger partial charge on any atom is 0.305 e. The smallest absolute Gasteiger partial charge is 0.305 e. The molecule has 7 nitrogen and oxygen atoms in total. The number of carbonyl (C=O) groups is 2. The van der Waals surface area contributed by atoms with Gasteiger partial charge in [-0.2, -0.15) is 0 Å². The van der Waals surface area contributed by atoms with Crippen LogP contribution < -0.4 is 10.9 Å². The number of ether oxygens (including phenoxy) is 1. The SMILES string of the molecule is O=C(NNC(=O)[C@H]1CCCO1)c1ccc(-c2nc3ccccc3s2)o1. The molecule has 4 rings (SSSR count). The first-order valence-corrected chi connectivity index (χ1v) is 8.70. The Balaban J connectivity index is 1.43. The third-order valence-corrected chi connectivity index (χ3v) is 4.91. The molecule has 0 saturated carbocycles. The van der Waals surface area contributed by atoms with Crippen molar-refractivity contribution in [2.75, 3.05) is 6.61 Å². The van der Waals surface area contributed by atoms with Gasteiger partial charge in [-0.15, -0.1) is 11.3 Å². The number of carbonyl (C=O) groups excluding carboxylic acids is 2. The van der Waals surface area contributed by atoms with E-state index in [2.05, 4.69) is 15.8 Å². The van der Waals surface area contributed by atoms with Crippen molar-refractivity contribution in [1.29, 1.82) is 0 Å². The topological polar surface area (TPSA) is 93.5 Å². The molecule has 1 saturated heterocycles. The second-order valence-corrected chi connectivity index (χ2v) is 6.63. The molecule has 8 heteroatoms. The quantitative estimate of drug-likeness (QED) is 0.703. The van der Waals surface area contributed by atoms with E-state index in [-0.39, 0.29) is 11.7 Å². The summed E-state index contributed by atoms with van der Waals surface area (Å²) in [7, 11) is 0. The fraction of sp³-hybridized carbons (Fsp3) is 0.235. The van der Waals surface area contributed by atoms with Crippen molar-refractivity contribution >= 4 is 33.4 Å². The largest absolute Gasteiger partial charge is 0.448 e. The van der Waals surface area contributed by atoms with Gasteiger partial charge in [0, 0.05) is 6.61 Å². The van der Waals surface area contributed by atoms with E-state index in [0.29, 0.717) is 23.8 Å². The van der Waals surface area contributed by atoms with Crippen molar-refractivity contribution < 1.29 is 18.7 Å². The van der Waals surface area contributed by atoms with Gasteiger partial charge >= 0.3 is 5.91 Å². The van der Waals surface area contributed by atoms with Gasteiger partial charge in [0.1, 0.15) is 6.10 Å². The lowest BCUT2D eigenvalue weighted by molar-refractivity contribution is -0.130. The van der Waals surface area contributed by atoms with Crippen molar-refractivity contribution in [3.63, 3.8) is 0 Å². The normalized spacial score (nSPS) is 16.9. The van der Waals surface area contributed by atoms with Crippen LogP contribution in [0.4, 0.5) is 0 Å². The minimum atomic E-state index is -0.529. The number of hydrogen-bond acceptors (Lipinski definition) is 6. The molecular weight excluding hydrogens is 342 g/mol. The molecule has 2 N–H and O–H groups in total. The van der Waals surface area contributed by atoms with E-state index in [9.17, 15) is 9.59 Å². The summed E-state index contributed by atoms with van der Waals surface area (Å²) in [4.78, 5) is 28.4. The molecule has 2 aromatic heterocycles. The second kappa shape index (κ2) is 6.66. The van der Waals surface area contributed by atoms with E-state index < -0.39 is 12.0 Å². The summed E-state index contributed by atoms with van der Waals surface area (Å²) < 4.78 is 11.9. The summed E-state index contributed by atoms with van der Waals surface area (Å²) >= 11 is 1.49. The predicted octanol–water partition coefficient (Wildman–Crippen LogP) is 2.50. The van der Waals surface area contributed by atoms with Gasteiger partial charge in [0.25, 0.3) is 5.91 Å². The Bertz CT molecular complexity index is 894. The van der Waals surface area contributed by atoms with Gasteiger partial charge in [-0.1, -0.05) is 12.1 Å². The van der Waals surface area contributed by atoms with Crippen molar-refractivity contribution in [2.45, 2.75) is 18.9 Å². The van der Waals surface area contributed by atoms with Crippen LogP contribution in [-0.2, 0) is 9.53 Å². The third kappa shape index (κ3) is 3.26. The number of thiazole rings is 1. The zero-order chi connectivity index (χ0) is 17.2. The average molecular weight is 357 g/mol. The van der Waals surface area contributed by atoms with Gasteiger partial charge in [0.2, 0.25) is 0 Å². The van der Waals surface area contributed by atoms with Crippen LogP contribution in [0.5, 0.6) is 0 Å². The first-order chi connectivity index (χ1) is 12.2. The molecular formula is C17H15N3O4S. The number of hydrogen-bond donors (Lipinski definition) is 2. The maximum atomic E-state index is 12.1. The average Bonchev–Trinajstić information content (AvgIpc) is 3.38. The van der Waals surface area contributed by atoms with Gasteiger partial charge in [-0.3, -0.25) is 20.4 Å². The summed E-state index contributed by atoms with van der Waals surface area (Å²) in [6.45, 7) is 0.565. The first kappa shape index (κ1) is 15.8.